The van der Waals surface area contributed by atoms with Crippen molar-refractivity contribution in [1.82, 2.24) is 20.2 Å². The van der Waals surface area contributed by atoms with Gasteiger partial charge in [-0.05, 0) is 41.5 Å². The Morgan fingerprint density at radius 2 is 2.00 bits per heavy atom. The second kappa shape index (κ2) is 5.97. The van der Waals surface area contributed by atoms with Crippen molar-refractivity contribution in [3.63, 3.8) is 0 Å². The van der Waals surface area contributed by atoms with E-state index in [9.17, 15) is 4.79 Å². The fraction of sp³-hybridized carbons (Fsp3) is 0.467. The molecule has 0 aliphatic carbocycles. The van der Waals surface area contributed by atoms with Crippen LogP contribution >= 0.6 is 11.8 Å². The molecule has 6 heteroatoms. The molecular weight excluding hydrogens is 284 g/mol. The molecule has 0 fully saturated rings. The van der Waals surface area contributed by atoms with Crippen molar-refractivity contribution >= 4 is 17.5 Å². The Bertz CT molecular complexity index is 658. The molecule has 0 spiro atoms. The van der Waals surface area contributed by atoms with Gasteiger partial charge in [-0.15, -0.1) is 5.10 Å². The molecule has 0 aliphatic heterocycles. The lowest BCUT2D eigenvalue weighted by Crippen LogP contribution is -2.22. The van der Waals surface area contributed by atoms with Crippen molar-refractivity contribution in [1.29, 1.82) is 0 Å². The van der Waals surface area contributed by atoms with Gasteiger partial charge in [0.15, 0.2) is 0 Å². The van der Waals surface area contributed by atoms with E-state index in [1.165, 1.54) is 11.8 Å². The van der Waals surface area contributed by atoms with Gasteiger partial charge in [0.05, 0.1) is 11.4 Å². The van der Waals surface area contributed by atoms with E-state index in [1.807, 2.05) is 46.8 Å². The molecule has 1 heterocycles. The van der Waals surface area contributed by atoms with E-state index in [0.717, 1.165) is 16.8 Å². The number of ketones is 1. The van der Waals surface area contributed by atoms with Crippen molar-refractivity contribution in [3.05, 3.63) is 29.3 Å². The number of carbonyl (C=O) groups is 1. The zero-order valence-corrected chi connectivity index (χ0v) is 13.9. The molecule has 1 aromatic carbocycles. The molecule has 0 aliphatic rings. The number of benzene rings is 1. The summed E-state index contributed by atoms with van der Waals surface area (Å²) in [6, 6.07) is 6.14. The van der Waals surface area contributed by atoms with Gasteiger partial charge >= 0.3 is 0 Å². The summed E-state index contributed by atoms with van der Waals surface area (Å²) in [5.74, 6) is 0.553. The predicted octanol–water partition coefficient (Wildman–Crippen LogP) is 2.99. The highest BCUT2D eigenvalue weighted by molar-refractivity contribution is 7.99. The van der Waals surface area contributed by atoms with Crippen LogP contribution in [0, 0.1) is 19.3 Å². The average molecular weight is 304 g/mol. The molecule has 0 atom stereocenters. The number of aromatic nitrogens is 4. The Kier molecular flexibility index (Phi) is 4.46. The van der Waals surface area contributed by atoms with Gasteiger partial charge < -0.3 is 0 Å². The summed E-state index contributed by atoms with van der Waals surface area (Å²) in [6.07, 6.45) is 0. The molecule has 0 bridgehead atoms. The quantitative estimate of drug-likeness (QED) is 0.813. The maximum Gasteiger partial charge on any atom is 0.214 e. The van der Waals surface area contributed by atoms with Crippen molar-refractivity contribution in [2.24, 2.45) is 5.41 Å². The van der Waals surface area contributed by atoms with E-state index in [0.29, 0.717) is 10.9 Å². The van der Waals surface area contributed by atoms with Gasteiger partial charge in [0.1, 0.15) is 5.78 Å². The molecule has 2 aromatic rings. The molecule has 0 saturated heterocycles. The minimum Gasteiger partial charge on any atom is -0.298 e. The van der Waals surface area contributed by atoms with Gasteiger partial charge in [0.25, 0.3) is 0 Å². The number of hydrogen-bond donors (Lipinski definition) is 0. The summed E-state index contributed by atoms with van der Waals surface area (Å²) in [5.41, 5.74) is 2.85. The van der Waals surface area contributed by atoms with Crippen LogP contribution in [0.4, 0.5) is 0 Å². The fourth-order valence-electron chi connectivity index (χ4n) is 1.71. The number of thioether (sulfide) groups is 1. The first-order valence-corrected chi connectivity index (χ1v) is 7.79. The highest BCUT2D eigenvalue weighted by Gasteiger charge is 2.22. The highest BCUT2D eigenvalue weighted by Crippen LogP contribution is 2.24. The van der Waals surface area contributed by atoms with Crippen LogP contribution in [-0.4, -0.2) is 31.7 Å². The number of carbonyl (C=O) groups excluding carboxylic acids is 1. The smallest absolute Gasteiger partial charge is 0.214 e. The van der Waals surface area contributed by atoms with Gasteiger partial charge in [0, 0.05) is 5.41 Å². The topological polar surface area (TPSA) is 60.7 Å². The van der Waals surface area contributed by atoms with Crippen LogP contribution in [0.2, 0.25) is 0 Å². The number of rotatable bonds is 4. The molecule has 0 amide bonds. The Morgan fingerprint density at radius 3 is 2.67 bits per heavy atom. The molecule has 0 unspecified atom stereocenters. The molecule has 0 N–H and O–H groups in total. The van der Waals surface area contributed by atoms with E-state index >= 15 is 0 Å². The monoisotopic (exact) mass is 304 g/mol. The number of aryl methyl sites for hydroxylation is 2. The van der Waals surface area contributed by atoms with Crippen LogP contribution in [0.5, 0.6) is 0 Å². The highest BCUT2D eigenvalue weighted by atomic mass is 32.2. The first-order chi connectivity index (χ1) is 9.79. The van der Waals surface area contributed by atoms with Crippen molar-refractivity contribution in [3.8, 4) is 5.69 Å². The first-order valence-electron chi connectivity index (χ1n) is 6.81. The van der Waals surface area contributed by atoms with Crippen molar-refractivity contribution in [2.75, 3.05) is 5.75 Å². The van der Waals surface area contributed by atoms with Crippen LogP contribution in [-0.2, 0) is 4.79 Å². The Hall–Kier alpha value is -1.69. The minimum absolute atomic E-state index is 0.183. The average Bonchev–Trinajstić information content (AvgIpc) is 2.85. The summed E-state index contributed by atoms with van der Waals surface area (Å²) in [7, 11) is 0. The maximum atomic E-state index is 12.0. The van der Waals surface area contributed by atoms with Gasteiger partial charge in [-0.2, -0.15) is 4.68 Å². The Balaban J connectivity index is 2.23. The summed E-state index contributed by atoms with van der Waals surface area (Å²) < 4.78 is 1.70. The summed E-state index contributed by atoms with van der Waals surface area (Å²) in [6.45, 7) is 9.81. The second-order valence-electron chi connectivity index (χ2n) is 6.13. The molecule has 1 aromatic heterocycles. The molecule has 2 rings (SSSR count). The van der Waals surface area contributed by atoms with Crippen LogP contribution in [0.3, 0.4) is 0 Å². The van der Waals surface area contributed by atoms with Crippen molar-refractivity contribution in [2.45, 2.75) is 39.8 Å². The number of nitrogens with zero attached hydrogens (tertiary/aromatic N) is 4. The van der Waals surface area contributed by atoms with E-state index < -0.39 is 0 Å². The summed E-state index contributed by atoms with van der Waals surface area (Å²) in [5, 5.41) is 12.5. The van der Waals surface area contributed by atoms with Gasteiger partial charge in [-0.3, -0.25) is 4.79 Å². The predicted molar refractivity (Wildman–Crippen MR) is 83.8 cm³/mol. The Morgan fingerprint density at radius 1 is 1.29 bits per heavy atom. The Labute approximate surface area is 129 Å². The van der Waals surface area contributed by atoms with Crippen LogP contribution in [0.25, 0.3) is 5.69 Å². The summed E-state index contributed by atoms with van der Waals surface area (Å²) >= 11 is 1.38. The third kappa shape index (κ3) is 3.69. The molecule has 112 valence electrons. The molecular formula is C15H20N4OS. The van der Waals surface area contributed by atoms with Gasteiger partial charge in [-0.25, -0.2) is 0 Å². The number of Topliss-reactive ketones (excluding diaryl/α,β-unsaturated/α-hetero) is 1. The SMILES string of the molecule is Cc1ccc(C)c(-n2nnnc2SCC(=O)C(C)(C)C)c1. The summed E-state index contributed by atoms with van der Waals surface area (Å²) in [4.78, 5) is 12.0. The fourth-order valence-corrected chi connectivity index (χ4v) is 2.76. The number of hydrogen-bond acceptors (Lipinski definition) is 5. The molecule has 5 nitrogen and oxygen atoms in total. The molecule has 0 saturated carbocycles. The first kappa shape index (κ1) is 15.7. The largest absolute Gasteiger partial charge is 0.298 e. The van der Waals surface area contributed by atoms with Crippen LogP contribution in [0.1, 0.15) is 31.9 Å². The lowest BCUT2D eigenvalue weighted by molar-refractivity contribution is -0.123. The van der Waals surface area contributed by atoms with Crippen LogP contribution < -0.4 is 0 Å². The molecule has 21 heavy (non-hydrogen) atoms. The van der Waals surface area contributed by atoms with E-state index in [-0.39, 0.29) is 11.2 Å². The van der Waals surface area contributed by atoms with Crippen LogP contribution in [0.15, 0.2) is 23.4 Å². The third-order valence-electron chi connectivity index (χ3n) is 3.20. The van der Waals surface area contributed by atoms with E-state index in [1.54, 1.807) is 4.68 Å². The van der Waals surface area contributed by atoms with Gasteiger partial charge in [-0.1, -0.05) is 44.7 Å². The minimum atomic E-state index is -0.343. The van der Waals surface area contributed by atoms with Crippen molar-refractivity contribution < 1.29 is 4.79 Å². The maximum absolute atomic E-state index is 12.0. The molecule has 0 radical (unpaired) electrons. The van der Waals surface area contributed by atoms with E-state index in [2.05, 4.69) is 21.6 Å². The zero-order chi connectivity index (χ0) is 15.6. The van der Waals surface area contributed by atoms with E-state index in [4.69, 9.17) is 0 Å². The van der Waals surface area contributed by atoms with Gasteiger partial charge in [0.2, 0.25) is 5.16 Å². The second-order valence-corrected chi connectivity index (χ2v) is 7.07. The standard InChI is InChI=1S/C15H20N4OS/c1-10-6-7-11(2)12(8-10)19-14(16-17-18-19)21-9-13(20)15(3,4)5/h6-8H,9H2,1-5H3. The third-order valence-corrected chi connectivity index (χ3v) is 4.12. The lowest BCUT2D eigenvalue weighted by atomic mass is 9.92. The lowest BCUT2D eigenvalue weighted by Gasteiger charge is -2.15. The normalized spacial score (nSPS) is 11.7. The number of tetrazole rings is 1. The zero-order valence-electron chi connectivity index (χ0n) is 13.0.